The molecule has 176 valence electrons. The molecule has 0 fully saturated rings. The number of nitro groups is 1. The van der Waals surface area contributed by atoms with Crippen LogP contribution in [0.1, 0.15) is 11.1 Å². The van der Waals surface area contributed by atoms with Gasteiger partial charge in [0.1, 0.15) is 11.8 Å². The van der Waals surface area contributed by atoms with Gasteiger partial charge in [-0.05, 0) is 29.3 Å². The summed E-state index contributed by atoms with van der Waals surface area (Å²) in [5.74, 6) is 0.232. The van der Waals surface area contributed by atoms with Gasteiger partial charge in [0.05, 0.1) is 18.6 Å². The molecular weight excluding hydrogens is 438 g/mol. The molecule has 34 heavy (non-hydrogen) atoms. The molecule has 3 rings (SSSR count). The van der Waals surface area contributed by atoms with Gasteiger partial charge in [-0.1, -0.05) is 48.5 Å². The number of anilines is 1. The predicted molar refractivity (Wildman–Crippen MR) is 127 cm³/mol. The van der Waals surface area contributed by atoms with Gasteiger partial charge in [0.15, 0.2) is 0 Å². The minimum atomic E-state index is -0.920. The van der Waals surface area contributed by atoms with Crippen molar-refractivity contribution in [3.05, 3.63) is 100 Å². The molecule has 0 heterocycles. The second kappa shape index (κ2) is 12.0. The molecule has 9 heteroatoms. The number of amides is 2. The molecule has 2 N–H and O–H groups in total. The van der Waals surface area contributed by atoms with E-state index in [1.54, 1.807) is 7.11 Å². The third-order valence-electron chi connectivity index (χ3n) is 5.03. The van der Waals surface area contributed by atoms with Crippen molar-refractivity contribution in [1.82, 2.24) is 5.32 Å². The Morgan fingerprint density at radius 3 is 2.32 bits per heavy atom. The first-order chi connectivity index (χ1) is 16.5. The van der Waals surface area contributed by atoms with Crippen molar-refractivity contribution in [2.45, 2.75) is 18.9 Å². The Morgan fingerprint density at radius 1 is 0.971 bits per heavy atom. The Kier molecular flexibility index (Phi) is 8.56. The van der Waals surface area contributed by atoms with Gasteiger partial charge in [0, 0.05) is 30.7 Å². The van der Waals surface area contributed by atoms with E-state index < -0.39 is 23.0 Å². The first kappa shape index (κ1) is 24.2. The lowest BCUT2D eigenvalue weighted by Crippen LogP contribution is -2.45. The summed E-state index contributed by atoms with van der Waals surface area (Å²) in [7, 11) is 1.57. The van der Waals surface area contributed by atoms with Crippen molar-refractivity contribution in [3.63, 3.8) is 0 Å². The zero-order chi connectivity index (χ0) is 24.3. The monoisotopic (exact) mass is 463 g/mol. The van der Waals surface area contributed by atoms with Crippen LogP contribution in [-0.4, -0.2) is 36.7 Å². The number of alkyl carbamates (subject to hydrolysis) is 1. The number of carbonyl (C=O) groups excluding carboxylic acids is 2. The number of ether oxygens (including phenoxy) is 2. The largest absolute Gasteiger partial charge is 0.496 e. The van der Waals surface area contributed by atoms with E-state index in [0.717, 1.165) is 11.1 Å². The van der Waals surface area contributed by atoms with Crippen LogP contribution < -0.4 is 15.4 Å². The van der Waals surface area contributed by atoms with E-state index in [1.165, 1.54) is 24.3 Å². The van der Waals surface area contributed by atoms with E-state index >= 15 is 0 Å². The third kappa shape index (κ3) is 7.06. The van der Waals surface area contributed by atoms with Crippen molar-refractivity contribution in [3.8, 4) is 5.75 Å². The van der Waals surface area contributed by atoms with Gasteiger partial charge in [-0.25, -0.2) is 4.79 Å². The molecule has 3 aromatic rings. The SMILES string of the molecule is COc1ccccc1CCOC(=O)NC(Cc1ccccc1)C(=O)Nc1ccc([N+](=O)[O-])cc1. The molecule has 9 nitrogen and oxygen atoms in total. The van der Waals surface area contributed by atoms with E-state index in [2.05, 4.69) is 10.6 Å². The highest BCUT2D eigenvalue weighted by Crippen LogP contribution is 2.18. The number of para-hydroxylation sites is 1. The first-order valence-electron chi connectivity index (χ1n) is 10.6. The fraction of sp³-hybridized carbons (Fsp3) is 0.200. The second-order valence-electron chi connectivity index (χ2n) is 7.38. The van der Waals surface area contributed by atoms with Crippen LogP contribution in [-0.2, 0) is 22.4 Å². The van der Waals surface area contributed by atoms with Gasteiger partial charge in [0.2, 0.25) is 5.91 Å². The molecule has 2 amide bonds. The fourth-order valence-corrected chi connectivity index (χ4v) is 3.30. The summed E-state index contributed by atoms with van der Waals surface area (Å²) in [5.41, 5.74) is 2.03. The number of benzene rings is 3. The van der Waals surface area contributed by atoms with Crippen LogP contribution in [0.25, 0.3) is 0 Å². The predicted octanol–water partition coefficient (Wildman–Crippen LogP) is 4.12. The maximum absolute atomic E-state index is 12.9. The first-order valence-corrected chi connectivity index (χ1v) is 10.6. The summed E-state index contributed by atoms with van der Waals surface area (Å²) in [6, 6.07) is 21.2. The Balaban J connectivity index is 1.62. The summed E-state index contributed by atoms with van der Waals surface area (Å²) in [5, 5.41) is 16.1. The molecular formula is C25H25N3O6. The number of rotatable bonds is 10. The van der Waals surface area contributed by atoms with Crippen molar-refractivity contribution >= 4 is 23.4 Å². The van der Waals surface area contributed by atoms with Crippen molar-refractivity contribution in [2.24, 2.45) is 0 Å². The highest BCUT2D eigenvalue weighted by atomic mass is 16.6. The summed E-state index contributed by atoms with van der Waals surface area (Å²) in [6.07, 6.45) is -0.0356. The summed E-state index contributed by atoms with van der Waals surface area (Å²) < 4.78 is 10.6. The summed E-state index contributed by atoms with van der Waals surface area (Å²) >= 11 is 0. The van der Waals surface area contributed by atoms with E-state index in [4.69, 9.17) is 9.47 Å². The Labute approximate surface area is 196 Å². The molecule has 0 aliphatic carbocycles. The number of carbonyl (C=O) groups is 2. The van der Waals surface area contributed by atoms with E-state index in [0.29, 0.717) is 17.9 Å². The van der Waals surface area contributed by atoms with Crippen molar-refractivity contribution < 1.29 is 24.0 Å². The molecule has 0 aromatic heterocycles. The zero-order valence-corrected chi connectivity index (χ0v) is 18.6. The lowest BCUT2D eigenvalue weighted by Gasteiger charge is -2.19. The Morgan fingerprint density at radius 2 is 1.65 bits per heavy atom. The molecule has 3 aromatic carbocycles. The molecule has 0 saturated carbocycles. The standard InChI is InChI=1S/C25H25N3O6/c1-33-23-10-6-5-9-19(23)15-16-34-25(30)27-22(17-18-7-3-2-4-8-18)24(29)26-20-11-13-21(14-12-20)28(31)32/h2-14,22H,15-17H2,1H3,(H,26,29)(H,27,30). The molecule has 1 unspecified atom stereocenters. The number of hydrogen-bond acceptors (Lipinski definition) is 6. The van der Waals surface area contributed by atoms with E-state index in [-0.39, 0.29) is 18.7 Å². The lowest BCUT2D eigenvalue weighted by molar-refractivity contribution is -0.384. The molecule has 0 aliphatic rings. The number of hydrogen-bond donors (Lipinski definition) is 2. The van der Waals surface area contributed by atoms with Crippen LogP contribution in [0.3, 0.4) is 0 Å². The van der Waals surface area contributed by atoms with Crippen LogP contribution in [0.2, 0.25) is 0 Å². The highest BCUT2D eigenvalue weighted by molar-refractivity contribution is 5.96. The molecule has 0 radical (unpaired) electrons. The maximum atomic E-state index is 12.9. The second-order valence-corrected chi connectivity index (χ2v) is 7.38. The molecule has 0 bridgehead atoms. The normalized spacial score (nSPS) is 11.2. The van der Waals surface area contributed by atoms with Crippen molar-refractivity contribution in [2.75, 3.05) is 19.0 Å². The number of nitro benzene ring substituents is 1. The van der Waals surface area contributed by atoms with Gasteiger partial charge in [-0.3, -0.25) is 14.9 Å². The van der Waals surface area contributed by atoms with Crippen LogP contribution in [0.4, 0.5) is 16.2 Å². The number of non-ortho nitro benzene ring substituents is 1. The zero-order valence-electron chi connectivity index (χ0n) is 18.6. The number of nitrogens with zero attached hydrogens (tertiary/aromatic N) is 1. The highest BCUT2D eigenvalue weighted by Gasteiger charge is 2.22. The average molecular weight is 463 g/mol. The van der Waals surface area contributed by atoms with Crippen molar-refractivity contribution in [1.29, 1.82) is 0 Å². The topological polar surface area (TPSA) is 120 Å². The average Bonchev–Trinajstić information content (AvgIpc) is 2.85. The van der Waals surface area contributed by atoms with Gasteiger partial charge in [-0.15, -0.1) is 0 Å². The number of nitrogens with one attached hydrogen (secondary N) is 2. The molecule has 1 atom stereocenters. The van der Waals surface area contributed by atoms with Crippen LogP contribution >= 0.6 is 0 Å². The minimum Gasteiger partial charge on any atom is -0.496 e. The summed E-state index contributed by atoms with van der Waals surface area (Å²) in [4.78, 5) is 35.7. The Hall–Kier alpha value is -4.40. The van der Waals surface area contributed by atoms with Crippen LogP contribution in [0.15, 0.2) is 78.9 Å². The van der Waals surface area contributed by atoms with Crippen LogP contribution in [0.5, 0.6) is 5.75 Å². The smallest absolute Gasteiger partial charge is 0.407 e. The summed E-state index contributed by atoms with van der Waals surface area (Å²) in [6.45, 7) is 0.105. The molecule has 0 aliphatic heterocycles. The minimum absolute atomic E-state index is 0.0874. The molecule has 0 spiro atoms. The Bertz CT molecular complexity index is 1120. The quantitative estimate of drug-likeness (QED) is 0.345. The van der Waals surface area contributed by atoms with E-state index in [1.807, 2.05) is 54.6 Å². The maximum Gasteiger partial charge on any atom is 0.407 e. The van der Waals surface area contributed by atoms with Gasteiger partial charge >= 0.3 is 6.09 Å². The molecule has 0 saturated heterocycles. The fourth-order valence-electron chi connectivity index (χ4n) is 3.30. The lowest BCUT2D eigenvalue weighted by atomic mass is 10.1. The van der Waals surface area contributed by atoms with Gasteiger partial charge < -0.3 is 20.1 Å². The van der Waals surface area contributed by atoms with E-state index in [9.17, 15) is 19.7 Å². The third-order valence-corrected chi connectivity index (χ3v) is 5.03. The van der Waals surface area contributed by atoms with Gasteiger partial charge in [-0.2, -0.15) is 0 Å². The number of methoxy groups -OCH3 is 1. The van der Waals surface area contributed by atoms with Crippen LogP contribution in [0, 0.1) is 10.1 Å². The van der Waals surface area contributed by atoms with Gasteiger partial charge in [0.25, 0.3) is 5.69 Å².